The van der Waals surface area contributed by atoms with Gasteiger partial charge in [0.25, 0.3) is 0 Å². The van der Waals surface area contributed by atoms with Crippen LogP contribution in [-0.2, 0) is 6.42 Å². The average Bonchev–Trinajstić information content (AvgIpc) is 2.94. The Balaban J connectivity index is 0.00000176. The van der Waals surface area contributed by atoms with Crippen molar-refractivity contribution in [2.24, 2.45) is 0 Å². The van der Waals surface area contributed by atoms with Gasteiger partial charge in [-0.15, -0.1) is 12.4 Å². The molecule has 22 heavy (non-hydrogen) atoms. The van der Waals surface area contributed by atoms with Gasteiger partial charge >= 0.3 is 5.63 Å². The molecular weight excluding hydrogens is 302 g/mol. The molecule has 1 saturated heterocycles. The molecule has 1 aromatic heterocycles. The summed E-state index contributed by atoms with van der Waals surface area (Å²) in [6.07, 6.45) is 2.89. The summed E-state index contributed by atoms with van der Waals surface area (Å²) in [5.74, 6) is 0.727. The molecule has 5 heteroatoms. The Morgan fingerprint density at radius 3 is 2.95 bits per heavy atom. The minimum Gasteiger partial charge on any atom is -0.427 e. The number of aliphatic hydroxyl groups is 1. The maximum absolute atomic E-state index is 12.0. The van der Waals surface area contributed by atoms with Crippen LogP contribution in [0.2, 0.25) is 0 Å². The standard InChI is InChI=1S/C17H21NO3.ClH/c1-12-4-2-6-15-16(12)10-14(21-17(15)20)7-9-18-8-3-5-13(18)11-19;/h2,4,6,10,13,19H,3,5,7-9,11H2,1H3;1H. The molecule has 0 bridgehead atoms. The van der Waals surface area contributed by atoms with E-state index in [1.807, 2.05) is 25.1 Å². The zero-order valence-corrected chi connectivity index (χ0v) is 13.6. The summed E-state index contributed by atoms with van der Waals surface area (Å²) in [6, 6.07) is 7.94. The molecule has 1 aromatic carbocycles. The largest absolute Gasteiger partial charge is 0.427 e. The van der Waals surface area contributed by atoms with E-state index in [-0.39, 0.29) is 30.7 Å². The van der Waals surface area contributed by atoms with Gasteiger partial charge in [-0.05, 0) is 49.4 Å². The van der Waals surface area contributed by atoms with Crippen LogP contribution in [0.4, 0.5) is 0 Å². The SMILES string of the molecule is Cc1cccc2c(=O)oc(CCN3CCCC3CO)cc12.Cl. The number of benzene rings is 1. The highest BCUT2D eigenvalue weighted by Gasteiger charge is 2.23. The van der Waals surface area contributed by atoms with Gasteiger partial charge in [0.1, 0.15) is 5.76 Å². The topological polar surface area (TPSA) is 53.7 Å². The van der Waals surface area contributed by atoms with Gasteiger partial charge < -0.3 is 9.52 Å². The fourth-order valence-corrected chi connectivity index (χ4v) is 3.19. The lowest BCUT2D eigenvalue weighted by molar-refractivity contribution is 0.158. The number of aryl methyl sites for hydroxylation is 1. The van der Waals surface area contributed by atoms with Gasteiger partial charge in [-0.3, -0.25) is 4.90 Å². The number of nitrogens with zero attached hydrogens (tertiary/aromatic N) is 1. The van der Waals surface area contributed by atoms with Crippen LogP contribution in [0.3, 0.4) is 0 Å². The van der Waals surface area contributed by atoms with Crippen LogP contribution >= 0.6 is 12.4 Å². The average molecular weight is 324 g/mol. The van der Waals surface area contributed by atoms with Crippen LogP contribution < -0.4 is 5.63 Å². The Morgan fingerprint density at radius 2 is 2.18 bits per heavy atom. The van der Waals surface area contributed by atoms with Gasteiger partial charge in [0.05, 0.1) is 12.0 Å². The molecule has 3 rings (SSSR count). The number of hydrogen-bond acceptors (Lipinski definition) is 4. The minimum absolute atomic E-state index is 0. The Bertz CT molecular complexity index is 698. The van der Waals surface area contributed by atoms with Crippen molar-refractivity contribution in [3.8, 4) is 0 Å². The van der Waals surface area contributed by atoms with Crippen LogP contribution in [0.5, 0.6) is 0 Å². The van der Waals surface area contributed by atoms with Crippen molar-refractivity contribution in [2.75, 3.05) is 19.7 Å². The number of fused-ring (bicyclic) bond motifs is 1. The van der Waals surface area contributed by atoms with Crippen molar-refractivity contribution in [2.45, 2.75) is 32.2 Å². The maximum Gasteiger partial charge on any atom is 0.343 e. The number of aliphatic hydroxyl groups excluding tert-OH is 1. The summed E-state index contributed by atoms with van der Waals surface area (Å²) in [6.45, 7) is 4.06. The van der Waals surface area contributed by atoms with Gasteiger partial charge in [-0.2, -0.15) is 0 Å². The molecule has 2 heterocycles. The van der Waals surface area contributed by atoms with E-state index in [1.54, 1.807) is 6.07 Å². The highest BCUT2D eigenvalue weighted by molar-refractivity contribution is 5.85. The minimum atomic E-state index is -0.258. The van der Waals surface area contributed by atoms with Crippen LogP contribution in [0.15, 0.2) is 33.5 Å². The van der Waals surface area contributed by atoms with E-state index >= 15 is 0 Å². The molecule has 1 fully saturated rings. The zero-order chi connectivity index (χ0) is 14.8. The third-order valence-electron chi connectivity index (χ3n) is 4.43. The van der Waals surface area contributed by atoms with Gasteiger partial charge in [0.2, 0.25) is 0 Å². The monoisotopic (exact) mass is 323 g/mol. The molecule has 1 N–H and O–H groups in total. The van der Waals surface area contributed by atoms with Crippen molar-refractivity contribution in [1.29, 1.82) is 0 Å². The lowest BCUT2D eigenvalue weighted by atomic mass is 10.1. The summed E-state index contributed by atoms with van der Waals surface area (Å²) in [5, 5.41) is 11.0. The summed E-state index contributed by atoms with van der Waals surface area (Å²) < 4.78 is 5.43. The number of likely N-dealkylation sites (tertiary alicyclic amines) is 1. The molecule has 0 spiro atoms. The second-order valence-electron chi connectivity index (χ2n) is 5.80. The Morgan fingerprint density at radius 1 is 1.36 bits per heavy atom. The molecule has 1 aliphatic heterocycles. The van der Waals surface area contributed by atoms with Gasteiger partial charge in [0, 0.05) is 19.0 Å². The molecule has 1 atom stereocenters. The molecule has 0 amide bonds. The quantitative estimate of drug-likeness (QED) is 0.939. The van der Waals surface area contributed by atoms with Gasteiger partial charge in [-0.25, -0.2) is 4.79 Å². The predicted octanol–water partition coefficient (Wildman–Crippen LogP) is 2.52. The van der Waals surface area contributed by atoms with Crippen LogP contribution in [0.1, 0.15) is 24.2 Å². The predicted molar refractivity (Wildman–Crippen MR) is 89.9 cm³/mol. The molecular formula is C17H22ClNO3. The third-order valence-corrected chi connectivity index (χ3v) is 4.43. The summed E-state index contributed by atoms with van der Waals surface area (Å²) in [5.41, 5.74) is 0.836. The summed E-state index contributed by atoms with van der Waals surface area (Å²) in [7, 11) is 0. The van der Waals surface area contributed by atoms with E-state index in [2.05, 4.69) is 4.90 Å². The number of hydrogen-bond donors (Lipinski definition) is 1. The van der Waals surface area contributed by atoms with Crippen LogP contribution in [0.25, 0.3) is 10.8 Å². The van der Waals surface area contributed by atoms with E-state index in [4.69, 9.17) is 4.42 Å². The first-order valence-electron chi connectivity index (χ1n) is 7.56. The van der Waals surface area contributed by atoms with E-state index < -0.39 is 0 Å². The fourth-order valence-electron chi connectivity index (χ4n) is 3.19. The molecule has 0 saturated carbocycles. The van der Waals surface area contributed by atoms with Crippen LogP contribution in [0, 0.1) is 6.92 Å². The van der Waals surface area contributed by atoms with Crippen molar-refractivity contribution in [3.05, 3.63) is 46.0 Å². The molecule has 1 aliphatic rings. The smallest absolute Gasteiger partial charge is 0.343 e. The molecule has 120 valence electrons. The third kappa shape index (κ3) is 3.35. The van der Waals surface area contributed by atoms with E-state index in [0.29, 0.717) is 11.8 Å². The number of halogens is 1. The molecule has 2 aromatic rings. The highest BCUT2D eigenvalue weighted by atomic mass is 35.5. The van der Waals surface area contributed by atoms with E-state index in [0.717, 1.165) is 42.6 Å². The normalized spacial score (nSPS) is 18.5. The molecule has 1 unspecified atom stereocenters. The van der Waals surface area contributed by atoms with Crippen LogP contribution in [-0.4, -0.2) is 35.7 Å². The first-order valence-corrected chi connectivity index (χ1v) is 7.56. The first kappa shape index (κ1) is 17.0. The van der Waals surface area contributed by atoms with Crippen molar-refractivity contribution < 1.29 is 9.52 Å². The lowest BCUT2D eigenvalue weighted by Gasteiger charge is -2.22. The van der Waals surface area contributed by atoms with Crippen molar-refractivity contribution >= 4 is 23.2 Å². The zero-order valence-electron chi connectivity index (χ0n) is 12.7. The first-order chi connectivity index (χ1) is 10.2. The van der Waals surface area contributed by atoms with E-state index in [1.165, 1.54) is 0 Å². The van der Waals surface area contributed by atoms with Crippen molar-refractivity contribution in [1.82, 2.24) is 4.90 Å². The maximum atomic E-state index is 12.0. The lowest BCUT2D eigenvalue weighted by Crippen LogP contribution is -2.33. The molecule has 0 radical (unpaired) electrons. The summed E-state index contributed by atoms with van der Waals surface area (Å²) >= 11 is 0. The van der Waals surface area contributed by atoms with Crippen molar-refractivity contribution in [3.63, 3.8) is 0 Å². The van der Waals surface area contributed by atoms with E-state index in [9.17, 15) is 9.90 Å². The van der Waals surface area contributed by atoms with Gasteiger partial charge in [0.15, 0.2) is 0 Å². The highest BCUT2D eigenvalue weighted by Crippen LogP contribution is 2.19. The molecule has 0 aliphatic carbocycles. The Kier molecular flexibility index (Phi) is 5.62. The van der Waals surface area contributed by atoms with Gasteiger partial charge in [-0.1, -0.05) is 12.1 Å². The second kappa shape index (κ2) is 7.27. The second-order valence-corrected chi connectivity index (χ2v) is 5.80. The number of rotatable bonds is 4. The summed E-state index contributed by atoms with van der Waals surface area (Å²) in [4.78, 5) is 14.3. The Hall–Kier alpha value is -1.36. The fraction of sp³-hybridized carbons (Fsp3) is 0.471. The molecule has 4 nitrogen and oxygen atoms in total. The Labute approximate surface area is 136 Å².